The summed E-state index contributed by atoms with van der Waals surface area (Å²) in [4.78, 5) is 3.80. The fraction of sp³-hybridized carbons (Fsp3) is 0.133. The van der Waals surface area contributed by atoms with Crippen molar-refractivity contribution in [2.75, 3.05) is 38.0 Å². The SMILES string of the molecule is CN(C)c1cccc2c(S(=O)(=O)Oc3cccc(OS(=O)(=O)c4cccc5c(N(C)C)cccc45)c3)cccc12. The molecule has 0 N–H and O–H groups in total. The van der Waals surface area contributed by atoms with Crippen molar-refractivity contribution in [3.8, 4) is 11.5 Å². The Hall–Kier alpha value is -4.28. The third-order valence-electron chi connectivity index (χ3n) is 6.44. The van der Waals surface area contributed by atoms with Gasteiger partial charge in [-0.1, -0.05) is 54.6 Å². The molecule has 0 aliphatic carbocycles. The fourth-order valence-electron chi connectivity index (χ4n) is 4.67. The van der Waals surface area contributed by atoms with Gasteiger partial charge in [0.25, 0.3) is 0 Å². The van der Waals surface area contributed by atoms with Crippen LogP contribution in [0.5, 0.6) is 11.5 Å². The number of fused-ring (bicyclic) bond motifs is 2. The summed E-state index contributed by atoms with van der Waals surface area (Å²) in [5.74, 6) is -0.164. The number of nitrogens with zero attached hydrogens (tertiary/aromatic N) is 2. The van der Waals surface area contributed by atoms with E-state index in [9.17, 15) is 16.8 Å². The lowest BCUT2D eigenvalue weighted by molar-refractivity contribution is 0.477. The molecule has 0 saturated heterocycles. The Bertz CT molecular complexity index is 1810. The van der Waals surface area contributed by atoms with Crippen molar-refractivity contribution in [3.63, 3.8) is 0 Å². The highest BCUT2D eigenvalue weighted by molar-refractivity contribution is 7.87. The molecule has 206 valence electrons. The zero-order chi connectivity index (χ0) is 28.7. The van der Waals surface area contributed by atoms with Gasteiger partial charge in [0, 0.05) is 67.2 Å². The van der Waals surface area contributed by atoms with E-state index in [0.717, 1.165) is 22.1 Å². The molecule has 40 heavy (non-hydrogen) atoms. The largest absolute Gasteiger partial charge is 0.379 e. The van der Waals surface area contributed by atoms with E-state index in [1.165, 1.54) is 36.4 Å². The van der Waals surface area contributed by atoms with Gasteiger partial charge in [-0.3, -0.25) is 0 Å². The monoisotopic (exact) mass is 576 g/mol. The van der Waals surface area contributed by atoms with Crippen molar-refractivity contribution in [2.45, 2.75) is 9.79 Å². The van der Waals surface area contributed by atoms with Crippen LogP contribution in [0.4, 0.5) is 11.4 Å². The molecule has 0 aliphatic heterocycles. The molecule has 8 nitrogen and oxygen atoms in total. The van der Waals surface area contributed by atoms with E-state index >= 15 is 0 Å². The van der Waals surface area contributed by atoms with E-state index in [2.05, 4.69) is 0 Å². The van der Waals surface area contributed by atoms with Crippen LogP contribution in [0, 0.1) is 0 Å². The maximum Gasteiger partial charge on any atom is 0.339 e. The molecule has 0 spiro atoms. The summed E-state index contributed by atoms with van der Waals surface area (Å²) in [5.41, 5.74) is 1.72. The first-order valence-electron chi connectivity index (χ1n) is 12.3. The summed E-state index contributed by atoms with van der Waals surface area (Å²) >= 11 is 0. The van der Waals surface area contributed by atoms with Crippen LogP contribution in [-0.4, -0.2) is 45.0 Å². The van der Waals surface area contributed by atoms with Crippen molar-refractivity contribution in [1.82, 2.24) is 0 Å². The van der Waals surface area contributed by atoms with Gasteiger partial charge in [0.05, 0.1) is 0 Å². The van der Waals surface area contributed by atoms with Gasteiger partial charge in [-0.15, -0.1) is 0 Å². The molecule has 0 aromatic heterocycles. The Balaban J connectivity index is 1.47. The first-order valence-corrected chi connectivity index (χ1v) is 15.2. The molecule has 0 amide bonds. The molecule has 0 saturated carbocycles. The Kier molecular flexibility index (Phi) is 7.07. The first kappa shape index (κ1) is 27.3. The van der Waals surface area contributed by atoms with Gasteiger partial charge in [0.2, 0.25) is 0 Å². The van der Waals surface area contributed by atoms with Crippen LogP contribution >= 0.6 is 0 Å². The van der Waals surface area contributed by atoms with Crippen LogP contribution in [0.3, 0.4) is 0 Å². The van der Waals surface area contributed by atoms with Crippen molar-refractivity contribution >= 4 is 53.2 Å². The summed E-state index contributed by atoms with van der Waals surface area (Å²) in [6, 6.07) is 26.3. The van der Waals surface area contributed by atoms with Crippen LogP contribution in [-0.2, 0) is 20.2 Å². The lowest BCUT2D eigenvalue weighted by Crippen LogP contribution is -2.13. The molecule has 0 radical (unpaired) electrons. The molecule has 5 aromatic carbocycles. The lowest BCUT2D eigenvalue weighted by Gasteiger charge is -2.17. The topological polar surface area (TPSA) is 93.2 Å². The smallest absolute Gasteiger partial charge is 0.339 e. The van der Waals surface area contributed by atoms with Crippen LogP contribution in [0.25, 0.3) is 21.5 Å². The normalized spacial score (nSPS) is 11.9. The van der Waals surface area contributed by atoms with Gasteiger partial charge in [-0.2, -0.15) is 16.8 Å². The lowest BCUT2D eigenvalue weighted by atomic mass is 10.1. The predicted octanol–water partition coefficient (Wildman–Crippen LogP) is 5.66. The Morgan fingerprint density at radius 2 is 0.825 bits per heavy atom. The van der Waals surface area contributed by atoms with Crippen molar-refractivity contribution in [2.24, 2.45) is 0 Å². The molecular formula is C30H28N2O6S2. The molecule has 0 heterocycles. The number of hydrogen-bond donors (Lipinski definition) is 0. The van der Waals surface area contributed by atoms with Crippen LogP contribution in [0.2, 0.25) is 0 Å². The van der Waals surface area contributed by atoms with E-state index in [4.69, 9.17) is 8.37 Å². The minimum absolute atomic E-state index is 0.0000877. The van der Waals surface area contributed by atoms with Gasteiger partial charge < -0.3 is 18.2 Å². The van der Waals surface area contributed by atoms with E-state index in [-0.39, 0.29) is 21.3 Å². The quantitative estimate of drug-likeness (QED) is 0.219. The molecule has 0 aliphatic rings. The van der Waals surface area contributed by atoms with Gasteiger partial charge >= 0.3 is 20.2 Å². The van der Waals surface area contributed by atoms with E-state index < -0.39 is 20.2 Å². The predicted molar refractivity (Wildman–Crippen MR) is 159 cm³/mol. The second kappa shape index (κ2) is 10.4. The molecule has 0 unspecified atom stereocenters. The van der Waals surface area contributed by atoms with Gasteiger partial charge in [0.15, 0.2) is 0 Å². The molecule has 0 fully saturated rings. The zero-order valence-electron chi connectivity index (χ0n) is 22.4. The average Bonchev–Trinajstić information content (AvgIpc) is 2.91. The molecule has 0 atom stereocenters. The Morgan fingerprint density at radius 3 is 1.23 bits per heavy atom. The number of rotatable bonds is 8. The van der Waals surface area contributed by atoms with Crippen LogP contribution in [0.1, 0.15) is 0 Å². The second-order valence-electron chi connectivity index (χ2n) is 9.60. The molecular weight excluding hydrogens is 548 g/mol. The average molecular weight is 577 g/mol. The van der Waals surface area contributed by atoms with Gasteiger partial charge in [0.1, 0.15) is 21.3 Å². The summed E-state index contributed by atoms with van der Waals surface area (Å²) in [7, 11) is -1.01. The Morgan fingerprint density at radius 1 is 0.475 bits per heavy atom. The van der Waals surface area contributed by atoms with Gasteiger partial charge in [-0.05, 0) is 36.4 Å². The highest BCUT2D eigenvalue weighted by Gasteiger charge is 2.23. The van der Waals surface area contributed by atoms with E-state index in [1.807, 2.05) is 62.3 Å². The minimum atomic E-state index is -4.26. The molecule has 5 rings (SSSR count). The Labute approximate surface area is 234 Å². The van der Waals surface area contributed by atoms with Crippen molar-refractivity contribution < 1.29 is 25.2 Å². The maximum atomic E-state index is 13.3. The fourth-order valence-corrected chi connectivity index (χ4v) is 6.94. The highest BCUT2D eigenvalue weighted by atomic mass is 32.2. The van der Waals surface area contributed by atoms with E-state index in [1.54, 1.807) is 36.4 Å². The first-order chi connectivity index (χ1) is 19.0. The molecule has 5 aromatic rings. The number of anilines is 2. The standard InChI is InChI=1S/C30H28N2O6S2/c1-31(2)27-16-6-14-25-23(27)12-8-18-29(25)39(33,34)37-21-10-5-11-22(20-21)38-40(35,36)30-19-9-13-24-26(30)15-7-17-28(24)32(3)4/h5-20H,1-4H3. The zero-order valence-corrected chi connectivity index (χ0v) is 24.0. The van der Waals surface area contributed by atoms with Gasteiger partial charge in [-0.25, -0.2) is 0 Å². The van der Waals surface area contributed by atoms with Crippen LogP contribution in [0.15, 0.2) is 107 Å². The third-order valence-corrected chi connectivity index (χ3v) is 9.05. The molecule has 0 bridgehead atoms. The summed E-state index contributed by atoms with van der Waals surface area (Å²) in [6.45, 7) is 0. The second-order valence-corrected chi connectivity index (χ2v) is 12.6. The van der Waals surface area contributed by atoms with Crippen molar-refractivity contribution in [1.29, 1.82) is 0 Å². The number of hydrogen-bond acceptors (Lipinski definition) is 8. The molecule has 10 heteroatoms. The highest BCUT2D eigenvalue weighted by Crippen LogP contribution is 2.34. The van der Waals surface area contributed by atoms with Crippen LogP contribution < -0.4 is 18.2 Å². The maximum absolute atomic E-state index is 13.3. The number of benzene rings is 5. The summed E-state index contributed by atoms with van der Waals surface area (Å²) in [5, 5.41) is 2.54. The third kappa shape index (κ3) is 5.15. The summed E-state index contributed by atoms with van der Waals surface area (Å²) < 4.78 is 64.3. The van der Waals surface area contributed by atoms with E-state index in [0.29, 0.717) is 10.8 Å². The summed E-state index contributed by atoms with van der Waals surface area (Å²) in [6.07, 6.45) is 0. The minimum Gasteiger partial charge on any atom is -0.379 e. The van der Waals surface area contributed by atoms with Crippen molar-refractivity contribution in [3.05, 3.63) is 97.1 Å².